The molecule has 1 aromatic carbocycles. The van der Waals surface area contributed by atoms with Gasteiger partial charge in [-0.2, -0.15) is 0 Å². The van der Waals surface area contributed by atoms with Gasteiger partial charge in [-0.3, -0.25) is 0 Å². The minimum atomic E-state index is -0.395. The van der Waals surface area contributed by atoms with Gasteiger partial charge in [0, 0.05) is 0 Å². The second-order valence-corrected chi connectivity index (χ2v) is 5.11. The Labute approximate surface area is 113 Å². The van der Waals surface area contributed by atoms with Crippen molar-refractivity contribution in [2.45, 2.75) is 18.4 Å². The highest BCUT2D eigenvalue weighted by atomic mass is 79.9. The molecule has 1 fully saturated rings. The Morgan fingerprint density at radius 2 is 2.12 bits per heavy atom. The predicted octanol–water partition coefficient (Wildman–Crippen LogP) is 3.53. The number of hydrogen-bond acceptors (Lipinski definition) is 2. The van der Waals surface area contributed by atoms with Gasteiger partial charge in [0.05, 0.1) is 15.0 Å². The van der Waals surface area contributed by atoms with Gasteiger partial charge < -0.3 is 10.5 Å². The maximum Gasteiger partial charge on any atom is 0.152 e. The Hall–Kier alpha value is -0.0300. The highest BCUT2D eigenvalue weighted by Gasteiger charge is 2.39. The molecule has 1 aliphatic carbocycles. The minimum absolute atomic E-state index is 0. The van der Waals surface area contributed by atoms with E-state index in [0.717, 1.165) is 12.8 Å². The fourth-order valence-electron chi connectivity index (χ4n) is 1.19. The first-order chi connectivity index (χ1) is 7.00. The normalized spacial score (nSPS) is 16.5. The number of ether oxygens (including phenoxy) is 1. The van der Waals surface area contributed by atoms with Crippen LogP contribution in [0.4, 0.5) is 4.39 Å². The van der Waals surface area contributed by atoms with Crippen molar-refractivity contribution < 1.29 is 9.13 Å². The maximum absolute atomic E-state index is 12.9. The molecule has 0 saturated heterocycles. The van der Waals surface area contributed by atoms with Crippen LogP contribution in [0.3, 0.4) is 0 Å². The number of nitrogens with two attached hydrogens (primary N) is 1. The van der Waals surface area contributed by atoms with Crippen molar-refractivity contribution in [3.05, 3.63) is 27.4 Å². The third-order valence-corrected chi connectivity index (χ3v) is 3.23. The molecule has 1 saturated carbocycles. The summed E-state index contributed by atoms with van der Waals surface area (Å²) < 4.78 is 18.9. The molecule has 2 nitrogen and oxygen atoms in total. The lowest BCUT2D eigenvalue weighted by atomic mass is 10.3. The van der Waals surface area contributed by atoms with E-state index in [1.807, 2.05) is 0 Å². The Kier molecular flexibility index (Phi) is 4.46. The van der Waals surface area contributed by atoms with Gasteiger partial charge in [-0.05, 0) is 40.9 Å². The van der Waals surface area contributed by atoms with E-state index in [1.165, 1.54) is 12.1 Å². The molecule has 0 amide bonds. The van der Waals surface area contributed by atoms with Crippen molar-refractivity contribution in [3.8, 4) is 5.75 Å². The van der Waals surface area contributed by atoms with Crippen LogP contribution in [0.5, 0.6) is 5.75 Å². The predicted molar refractivity (Wildman–Crippen MR) is 68.0 cm³/mol. The van der Waals surface area contributed by atoms with Gasteiger partial charge in [0.2, 0.25) is 0 Å². The van der Waals surface area contributed by atoms with Crippen LogP contribution in [0.25, 0.3) is 0 Å². The monoisotopic (exact) mass is 329 g/mol. The second kappa shape index (κ2) is 5.08. The first kappa shape index (κ1) is 14.0. The lowest BCUT2D eigenvalue weighted by molar-refractivity contribution is 0.277. The number of halogens is 4. The molecular formula is C10H11BrCl2FNO. The van der Waals surface area contributed by atoms with E-state index in [4.69, 9.17) is 22.1 Å². The van der Waals surface area contributed by atoms with Crippen LogP contribution in [0.2, 0.25) is 5.02 Å². The highest BCUT2D eigenvalue weighted by Crippen LogP contribution is 2.37. The van der Waals surface area contributed by atoms with E-state index in [1.54, 1.807) is 0 Å². The van der Waals surface area contributed by atoms with E-state index in [-0.39, 0.29) is 23.0 Å². The van der Waals surface area contributed by atoms with Crippen molar-refractivity contribution in [2.75, 3.05) is 6.61 Å². The van der Waals surface area contributed by atoms with E-state index in [9.17, 15) is 4.39 Å². The molecule has 0 heterocycles. The summed E-state index contributed by atoms with van der Waals surface area (Å²) in [5.74, 6) is 0.0582. The third kappa shape index (κ3) is 3.23. The van der Waals surface area contributed by atoms with Crippen LogP contribution in [0.15, 0.2) is 16.6 Å². The summed E-state index contributed by atoms with van der Waals surface area (Å²) in [5, 5.41) is 0.256. The summed E-state index contributed by atoms with van der Waals surface area (Å²) in [5.41, 5.74) is 5.66. The van der Waals surface area contributed by atoms with Crippen molar-refractivity contribution in [1.82, 2.24) is 0 Å². The molecular weight excluding hydrogens is 320 g/mol. The van der Waals surface area contributed by atoms with Crippen molar-refractivity contribution in [2.24, 2.45) is 5.73 Å². The topological polar surface area (TPSA) is 35.2 Å². The van der Waals surface area contributed by atoms with Gasteiger partial charge in [-0.1, -0.05) is 11.6 Å². The standard InChI is InChI=1S/C10H10BrClFNO.ClH/c11-7-3-6(13)4-8(12)9(7)15-5-10(14)1-2-10;/h3-4H,1-2,5,14H2;1H. The quantitative estimate of drug-likeness (QED) is 0.920. The van der Waals surface area contributed by atoms with Gasteiger partial charge in [-0.25, -0.2) is 4.39 Å². The smallest absolute Gasteiger partial charge is 0.152 e. The van der Waals surface area contributed by atoms with E-state index in [0.29, 0.717) is 16.8 Å². The molecule has 2 rings (SSSR count). The zero-order chi connectivity index (χ0) is 11.1. The first-order valence-corrected chi connectivity index (χ1v) is 5.73. The Balaban J connectivity index is 0.00000128. The van der Waals surface area contributed by atoms with Gasteiger partial charge >= 0.3 is 0 Å². The van der Waals surface area contributed by atoms with Crippen LogP contribution in [-0.2, 0) is 0 Å². The Morgan fingerprint density at radius 3 is 2.62 bits per heavy atom. The zero-order valence-electron chi connectivity index (χ0n) is 8.30. The van der Waals surface area contributed by atoms with Crippen LogP contribution < -0.4 is 10.5 Å². The van der Waals surface area contributed by atoms with Crippen LogP contribution in [0.1, 0.15) is 12.8 Å². The molecule has 0 radical (unpaired) electrons. The molecule has 0 spiro atoms. The molecule has 90 valence electrons. The summed E-state index contributed by atoms with van der Waals surface area (Å²) >= 11 is 9.04. The summed E-state index contributed by atoms with van der Waals surface area (Å²) in [6.45, 7) is 0.414. The summed E-state index contributed by atoms with van der Waals surface area (Å²) in [6.07, 6.45) is 1.92. The molecule has 16 heavy (non-hydrogen) atoms. The van der Waals surface area contributed by atoms with Gasteiger partial charge in [-0.15, -0.1) is 12.4 Å². The lowest BCUT2D eigenvalue weighted by Crippen LogP contribution is -2.29. The fourth-order valence-corrected chi connectivity index (χ4v) is 2.11. The molecule has 1 aromatic rings. The van der Waals surface area contributed by atoms with Crippen LogP contribution in [-0.4, -0.2) is 12.1 Å². The van der Waals surface area contributed by atoms with Crippen LogP contribution in [0, 0.1) is 5.82 Å². The average Bonchev–Trinajstić information content (AvgIpc) is 2.82. The molecule has 0 unspecified atom stereocenters. The average molecular weight is 331 g/mol. The summed E-state index contributed by atoms with van der Waals surface area (Å²) in [7, 11) is 0. The number of hydrogen-bond donors (Lipinski definition) is 1. The highest BCUT2D eigenvalue weighted by molar-refractivity contribution is 9.10. The molecule has 0 aromatic heterocycles. The van der Waals surface area contributed by atoms with Gasteiger partial charge in [0.25, 0.3) is 0 Å². The second-order valence-electron chi connectivity index (χ2n) is 3.85. The third-order valence-electron chi connectivity index (χ3n) is 2.36. The fraction of sp³-hybridized carbons (Fsp3) is 0.400. The minimum Gasteiger partial charge on any atom is -0.489 e. The zero-order valence-corrected chi connectivity index (χ0v) is 11.5. The Bertz CT molecular complexity index is 375. The molecule has 0 bridgehead atoms. The summed E-state index contributed by atoms with van der Waals surface area (Å²) in [6, 6.07) is 2.54. The van der Waals surface area contributed by atoms with Crippen LogP contribution >= 0.6 is 39.9 Å². The van der Waals surface area contributed by atoms with E-state index >= 15 is 0 Å². The lowest BCUT2D eigenvalue weighted by Gasteiger charge is -2.13. The van der Waals surface area contributed by atoms with E-state index < -0.39 is 5.82 Å². The maximum atomic E-state index is 12.9. The SMILES string of the molecule is Cl.NC1(COc2c(Cl)cc(F)cc2Br)CC1. The van der Waals surface area contributed by atoms with E-state index in [2.05, 4.69) is 15.9 Å². The van der Waals surface area contributed by atoms with Crippen molar-refractivity contribution in [3.63, 3.8) is 0 Å². The largest absolute Gasteiger partial charge is 0.489 e. The number of rotatable bonds is 3. The summed E-state index contributed by atoms with van der Waals surface area (Å²) in [4.78, 5) is 0. The molecule has 6 heteroatoms. The molecule has 1 aliphatic rings. The van der Waals surface area contributed by atoms with Gasteiger partial charge in [0.15, 0.2) is 5.75 Å². The van der Waals surface area contributed by atoms with Gasteiger partial charge in [0.1, 0.15) is 12.4 Å². The first-order valence-electron chi connectivity index (χ1n) is 4.56. The number of benzene rings is 1. The van der Waals surface area contributed by atoms with Crippen molar-refractivity contribution in [1.29, 1.82) is 0 Å². The molecule has 0 atom stereocenters. The Morgan fingerprint density at radius 1 is 1.50 bits per heavy atom. The molecule has 0 aliphatic heterocycles. The molecule has 2 N–H and O–H groups in total. The van der Waals surface area contributed by atoms with Crippen molar-refractivity contribution >= 4 is 39.9 Å².